The summed E-state index contributed by atoms with van der Waals surface area (Å²) in [4.78, 5) is 0. The number of tetrazole rings is 1. The van der Waals surface area contributed by atoms with E-state index in [1.54, 1.807) is 10.7 Å². The van der Waals surface area contributed by atoms with Crippen LogP contribution in [0.15, 0.2) is 72.8 Å². The number of rotatable bonds is 4. The molecule has 26 heavy (non-hydrogen) atoms. The Labute approximate surface area is 161 Å². The van der Waals surface area contributed by atoms with Gasteiger partial charge in [-0.3, -0.25) is 0 Å². The minimum absolute atomic E-state index is 0.446. The van der Waals surface area contributed by atoms with E-state index in [2.05, 4.69) is 39.8 Å². The Bertz CT molecular complexity index is 1040. The van der Waals surface area contributed by atoms with Gasteiger partial charge >= 0.3 is 0 Å². The summed E-state index contributed by atoms with van der Waals surface area (Å²) in [7, 11) is 0. The van der Waals surface area contributed by atoms with E-state index in [4.69, 9.17) is 23.2 Å². The standard InChI is InChI=1S/C20H14Cl2N4/c21-18-12-6-11-17(19(18)22)20-23-24-25-26(20)13-15-9-4-5-10-16(15)14-7-2-1-3-8-14/h1-12H,13H2. The van der Waals surface area contributed by atoms with Gasteiger partial charge in [-0.05, 0) is 39.2 Å². The van der Waals surface area contributed by atoms with Crippen LogP contribution in [0, 0.1) is 0 Å². The van der Waals surface area contributed by atoms with Gasteiger partial charge in [-0.15, -0.1) is 5.10 Å². The van der Waals surface area contributed by atoms with Gasteiger partial charge in [0.15, 0.2) is 5.82 Å². The summed E-state index contributed by atoms with van der Waals surface area (Å²) in [6, 6.07) is 23.9. The maximum atomic E-state index is 6.35. The van der Waals surface area contributed by atoms with Crippen molar-refractivity contribution in [2.45, 2.75) is 6.54 Å². The molecule has 128 valence electrons. The summed E-state index contributed by atoms with van der Waals surface area (Å²) in [5, 5.41) is 13.0. The van der Waals surface area contributed by atoms with E-state index in [0.717, 1.165) is 16.7 Å². The van der Waals surface area contributed by atoms with Gasteiger partial charge in [-0.1, -0.05) is 83.9 Å². The van der Waals surface area contributed by atoms with Crippen molar-refractivity contribution in [1.82, 2.24) is 20.2 Å². The van der Waals surface area contributed by atoms with Crippen molar-refractivity contribution in [2.24, 2.45) is 0 Å². The highest BCUT2D eigenvalue weighted by Gasteiger charge is 2.15. The van der Waals surface area contributed by atoms with E-state index in [-0.39, 0.29) is 0 Å². The van der Waals surface area contributed by atoms with Crippen LogP contribution in [0.2, 0.25) is 10.0 Å². The predicted octanol–water partition coefficient (Wildman–Crippen LogP) is 5.36. The van der Waals surface area contributed by atoms with Gasteiger partial charge in [0.25, 0.3) is 0 Å². The molecule has 4 nitrogen and oxygen atoms in total. The van der Waals surface area contributed by atoms with Gasteiger partial charge in [-0.25, -0.2) is 4.68 Å². The van der Waals surface area contributed by atoms with E-state index in [0.29, 0.717) is 28.0 Å². The molecule has 1 heterocycles. The molecule has 1 aromatic heterocycles. The molecule has 4 aromatic rings. The monoisotopic (exact) mass is 380 g/mol. The lowest BCUT2D eigenvalue weighted by atomic mass is 10.00. The Morgan fingerprint density at radius 2 is 1.50 bits per heavy atom. The van der Waals surface area contributed by atoms with Crippen LogP contribution in [-0.2, 0) is 6.54 Å². The maximum Gasteiger partial charge on any atom is 0.183 e. The van der Waals surface area contributed by atoms with E-state index < -0.39 is 0 Å². The summed E-state index contributed by atoms with van der Waals surface area (Å²) in [5.41, 5.74) is 4.12. The molecule has 0 fully saturated rings. The average molecular weight is 381 g/mol. The van der Waals surface area contributed by atoms with Crippen LogP contribution in [0.1, 0.15) is 5.56 Å². The molecule has 0 N–H and O–H groups in total. The number of hydrogen-bond acceptors (Lipinski definition) is 3. The van der Waals surface area contributed by atoms with Crippen molar-refractivity contribution in [3.8, 4) is 22.5 Å². The van der Waals surface area contributed by atoms with E-state index in [1.807, 2.05) is 42.5 Å². The van der Waals surface area contributed by atoms with Crippen molar-refractivity contribution < 1.29 is 0 Å². The first-order valence-corrected chi connectivity index (χ1v) is 8.83. The molecule has 0 amide bonds. The van der Waals surface area contributed by atoms with Gasteiger partial charge in [0.05, 0.1) is 16.6 Å². The van der Waals surface area contributed by atoms with Crippen LogP contribution in [0.5, 0.6) is 0 Å². The van der Waals surface area contributed by atoms with Crippen LogP contribution < -0.4 is 0 Å². The molecule has 0 atom stereocenters. The summed E-state index contributed by atoms with van der Waals surface area (Å²) in [5.74, 6) is 0.584. The Balaban J connectivity index is 1.75. The van der Waals surface area contributed by atoms with E-state index in [1.165, 1.54) is 0 Å². The summed E-state index contributed by atoms with van der Waals surface area (Å²) < 4.78 is 1.74. The van der Waals surface area contributed by atoms with Crippen molar-refractivity contribution in [3.63, 3.8) is 0 Å². The van der Waals surface area contributed by atoms with Gasteiger partial charge in [0, 0.05) is 5.56 Å². The Hall–Kier alpha value is -2.69. The predicted molar refractivity (Wildman–Crippen MR) is 104 cm³/mol. The van der Waals surface area contributed by atoms with Gasteiger partial charge in [0.1, 0.15) is 0 Å². The van der Waals surface area contributed by atoms with Crippen LogP contribution >= 0.6 is 23.2 Å². The third-order valence-electron chi connectivity index (χ3n) is 4.15. The molecule has 0 saturated carbocycles. The largest absolute Gasteiger partial charge is 0.221 e. The molecule has 6 heteroatoms. The second-order valence-corrected chi connectivity index (χ2v) is 6.57. The highest BCUT2D eigenvalue weighted by Crippen LogP contribution is 2.32. The first-order chi connectivity index (χ1) is 12.7. The molecule has 0 aliphatic heterocycles. The van der Waals surface area contributed by atoms with E-state index >= 15 is 0 Å². The average Bonchev–Trinajstić information content (AvgIpc) is 3.13. The molecular weight excluding hydrogens is 367 g/mol. The van der Waals surface area contributed by atoms with Gasteiger partial charge < -0.3 is 0 Å². The molecule has 3 aromatic carbocycles. The first kappa shape index (κ1) is 16.8. The number of hydrogen-bond donors (Lipinski definition) is 0. The number of aromatic nitrogens is 4. The minimum atomic E-state index is 0.446. The van der Waals surface area contributed by atoms with Gasteiger partial charge in [0.2, 0.25) is 0 Å². The highest BCUT2D eigenvalue weighted by molar-refractivity contribution is 6.43. The van der Waals surface area contributed by atoms with Crippen molar-refractivity contribution >= 4 is 23.2 Å². The fraction of sp³-hybridized carbons (Fsp3) is 0.0500. The molecule has 0 saturated heterocycles. The number of halogens is 2. The van der Waals surface area contributed by atoms with Gasteiger partial charge in [-0.2, -0.15) is 0 Å². The van der Waals surface area contributed by atoms with Crippen LogP contribution in [0.4, 0.5) is 0 Å². The molecular formula is C20H14Cl2N4. The third kappa shape index (κ3) is 3.21. The lowest BCUT2D eigenvalue weighted by Gasteiger charge is -2.11. The van der Waals surface area contributed by atoms with Crippen LogP contribution in [0.25, 0.3) is 22.5 Å². The summed E-state index contributed by atoms with van der Waals surface area (Å²) in [6.45, 7) is 0.524. The molecule has 0 spiro atoms. The second-order valence-electron chi connectivity index (χ2n) is 5.78. The lowest BCUT2D eigenvalue weighted by Crippen LogP contribution is -2.06. The van der Waals surface area contributed by atoms with Crippen molar-refractivity contribution in [2.75, 3.05) is 0 Å². The van der Waals surface area contributed by atoms with E-state index in [9.17, 15) is 0 Å². The maximum absolute atomic E-state index is 6.35. The molecule has 0 aliphatic carbocycles. The topological polar surface area (TPSA) is 43.6 Å². The molecule has 4 rings (SSSR count). The van der Waals surface area contributed by atoms with Crippen molar-refractivity contribution in [1.29, 1.82) is 0 Å². The fourth-order valence-corrected chi connectivity index (χ4v) is 3.28. The zero-order valence-corrected chi connectivity index (χ0v) is 15.2. The summed E-state index contributed by atoms with van der Waals surface area (Å²) >= 11 is 12.5. The Morgan fingerprint density at radius 3 is 2.35 bits per heavy atom. The molecule has 0 aliphatic rings. The Kier molecular flexibility index (Phi) is 4.69. The minimum Gasteiger partial charge on any atom is -0.221 e. The third-order valence-corrected chi connectivity index (χ3v) is 4.97. The molecule has 0 unspecified atom stereocenters. The Morgan fingerprint density at radius 1 is 0.769 bits per heavy atom. The molecule has 0 bridgehead atoms. The van der Waals surface area contributed by atoms with Crippen LogP contribution in [-0.4, -0.2) is 20.2 Å². The second kappa shape index (κ2) is 7.28. The zero-order valence-electron chi connectivity index (χ0n) is 13.7. The normalized spacial score (nSPS) is 10.8. The fourth-order valence-electron chi connectivity index (χ4n) is 2.90. The number of benzene rings is 3. The molecule has 0 radical (unpaired) electrons. The lowest BCUT2D eigenvalue weighted by molar-refractivity contribution is 0.654. The number of nitrogens with zero attached hydrogens (tertiary/aromatic N) is 4. The van der Waals surface area contributed by atoms with Crippen molar-refractivity contribution in [3.05, 3.63) is 88.4 Å². The first-order valence-electron chi connectivity index (χ1n) is 8.08. The highest BCUT2D eigenvalue weighted by atomic mass is 35.5. The zero-order chi connectivity index (χ0) is 17.9. The smallest absolute Gasteiger partial charge is 0.183 e. The van der Waals surface area contributed by atoms with Crippen LogP contribution in [0.3, 0.4) is 0 Å². The summed E-state index contributed by atoms with van der Waals surface area (Å²) in [6.07, 6.45) is 0. The quantitative estimate of drug-likeness (QED) is 0.478. The SMILES string of the molecule is Clc1cccc(-c2nnnn2Cc2ccccc2-c2ccccc2)c1Cl.